The van der Waals surface area contributed by atoms with Crippen molar-refractivity contribution in [3.63, 3.8) is 0 Å². The van der Waals surface area contributed by atoms with Crippen molar-refractivity contribution >= 4 is 50.7 Å². The molecule has 10 nitrogen and oxygen atoms in total. The summed E-state index contributed by atoms with van der Waals surface area (Å²) in [6.07, 6.45) is 0. The van der Waals surface area contributed by atoms with E-state index >= 15 is 0 Å². The zero-order chi connectivity index (χ0) is 26.2. The highest BCUT2D eigenvalue weighted by molar-refractivity contribution is 6.04. The molecule has 0 spiro atoms. The van der Waals surface area contributed by atoms with Crippen molar-refractivity contribution in [2.24, 2.45) is 0 Å². The van der Waals surface area contributed by atoms with Crippen molar-refractivity contribution in [1.82, 2.24) is 19.9 Å². The van der Waals surface area contributed by atoms with Crippen molar-refractivity contribution in [2.45, 2.75) is 0 Å². The third kappa shape index (κ3) is 4.53. The first-order valence-corrected chi connectivity index (χ1v) is 12.5. The van der Waals surface area contributed by atoms with Crippen LogP contribution in [-0.2, 0) is 0 Å². The van der Waals surface area contributed by atoms with Crippen molar-refractivity contribution in [2.75, 3.05) is 54.5 Å². The van der Waals surface area contributed by atoms with Crippen LogP contribution in [0.25, 0.3) is 33.3 Å². The average molecular weight is 509 g/mol. The summed E-state index contributed by atoms with van der Waals surface area (Å²) in [5, 5.41) is 6.21. The number of piperazine rings is 1. The number of para-hydroxylation sites is 1. The minimum atomic E-state index is -0.382. The predicted octanol–water partition coefficient (Wildman–Crippen LogP) is 4.05. The van der Waals surface area contributed by atoms with E-state index in [4.69, 9.17) is 5.73 Å². The smallest absolute Gasteiger partial charge is 0.323 e. The van der Waals surface area contributed by atoms with Gasteiger partial charge in [-0.05, 0) is 55.6 Å². The molecule has 3 aromatic carbocycles. The van der Waals surface area contributed by atoms with Crippen molar-refractivity contribution in [3.8, 4) is 11.4 Å². The Balaban J connectivity index is 1.31. The van der Waals surface area contributed by atoms with Gasteiger partial charge in [-0.15, -0.1) is 0 Å². The summed E-state index contributed by atoms with van der Waals surface area (Å²) >= 11 is 0. The molecule has 38 heavy (non-hydrogen) atoms. The maximum Gasteiger partial charge on any atom is 0.323 e. The van der Waals surface area contributed by atoms with Gasteiger partial charge in [-0.25, -0.2) is 9.78 Å². The lowest BCUT2D eigenvalue weighted by atomic mass is 10.1. The number of pyridine rings is 1. The molecule has 0 aliphatic carbocycles. The first kappa shape index (κ1) is 23.6. The van der Waals surface area contributed by atoms with Crippen molar-refractivity contribution < 1.29 is 4.79 Å². The number of carbonyl (C=O) groups is 1. The predicted molar refractivity (Wildman–Crippen MR) is 153 cm³/mol. The van der Waals surface area contributed by atoms with E-state index in [1.54, 1.807) is 30.3 Å². The van der Waals surface area contributed by atoms with Crippen LogP contribution in [0.5, 0.6) is 0 Å². The first-order valence-electron chi connectivity index (χ1n) is 12.5. The quantitative estimate of drug-likeness (QED) is 0.249. The van der Waals surface area contributed by atoms with Crippen LogP contribution in [-0.4, -0.2) is 59.1 Å². The number of nitrogens with one attached hydrogen (secondary N) is 4. The van der Waals surface area contributed by atoms with Crippen molar-refractivity contribution in [3.05, 3.63) is 77.1 Å². The number of H-pyrrole nitrogens is 2. The van der Waals surface area contributed by atoms with Crippen LogP contribution in [0.15, 0.2) is 71.5 Å². The molecule has 0 saturated carbocycles. The maximum absolute atomic E-state index is 13.1. The topological polar surface area (TPSA) is 135 Å². The highest BCUT2D eigenvalue weighted by atomic mass is 16.2. The van der Waals surface area contributed by atoms with E-state index in [9.17, 15) is 9.59 Å². The minimum absolute atomic E-state index is 0.265. The Morgan fingerprint density at radius 3 is 2.45 bits per heavy atom. The fourth-order valence-corrected chi connectivity index (χ4v) is 4.82. The summed E-state index contributed by atoms with van der Waals surface area (Å²) in [5.74, 6) is 0.399. The Morgan fingerprint density at radius 2 is 1.66 bits per heavy atom. The molecule has 10 heteroatoms. The lowest BCUT2D eigenvalue weighted by molar-refractivity contribution is 0.262. The number of aromatic amines is 2. The molecular weight excluding hydrogens is 480 g/mol. The average Bonchev–Trinajstić information content (AvgIpc) is 3.33. The summed E-state index contributed by atoms with van der Waals surface area (Å²) in [4.78, 5) is 41.0. The van der Waals surface area contributed by atoms with Gasteiger partial charge in [0.1, 0.15) is 11.4 Å². The van der Waals surface area contributed by atoms with E-state index in [-0.39, 0.29) is 22.8 Å². The molecule has 3 heterocycles. The molecule has 0 unspecified atom stereocenters. The number of nitrogen functional groups attached to an aromatic ring is 1. The molecule has 0 bridgehead atoms. The SMILES string of the molecule is CN1CCN(c2ccc3nc(-c4c(N)c5cc(NC(=O)Nc6ccccc6)ccc5[nH]c4=O)[nH]c3c2)CC1. The lowest BCUT2D eigenvalue weighted by Gasteiger charge is -2.34. The Morgan fingerprint density at radius 1 is 0.895 bits per heavy atom. The molecule has 1 aliphatic heterocycles. The van der Waals surface area contributed by atoms with Crippen LogP contribution < -0.4 is 26.8 Å². The molecule has 0 atom stereocenters. The number of nitrogens with two attached hydrogens (primary N) is 1. The molecular formula is C28H28N8O2. The number of imidazole rings is 1. The second kappa shape index (κ2) is 9.56. The zero-order valence-electron chi connectivity index (χ0n) is 20.9. The number of hydrogen-bond acceptors (Lipinski definition) is 6. The van der Waals surface area contributed by atoms with Gasteiger partial charge in [0.05, 0.1) is 22.2 Å². The van der Waals surface area contributed by atoms with Gasteiger partial charge in [-0.2, -0.15) is 0 Å². The van der Waals surface area contributed by atoms with Gasteiger partial charge >= 0.3 is 6.03 Å². The molecule has 0 radical (unpaired) electrons. The monoisotopic (exact) mass is 508 g/mol. The highest BCUT2D eigenvalue weighted by Crippen LogP contribution is 2.31. The van der Waals surface area contributed by atoms with E-state index in [2.05, 4.69) is 54.6 Å². The van der Waals surface area contributed by atoms with Gasteiger partial charge in [0, 0.05) is 48.6 Å². The largest absolute Gasteiger partial charge is 0.397 e. The number of likely N-dealkylation sites (N-methyl/N-ethyl adjacent to an activating group) is 1. The number of carbonyl (C=O) groups excluding carboxylic acids is 1. The standard InChI is InChI=1S/C28H28N8O2/c1-35-11-13-36(14-12-35)19-8-10-22-23(16-19)33-26(32-22)24-25(29)20-15-18(7-9-21(20)34-27(24)37)31-28(38)30-17-5-3-2-4-6-17/h2-10,15-16H,11-14H2,1H3,(H,32,33)(H3,29,34,37)(H2,30,31,38). The van der Waals surface area contributed by atoms with Crippen LogP contribution >= 0.6 is 0 Å². The zero-order valence-corrected chi connectivity index (χ0v) is 20.9. The molecule has 6 N–H and O–H groups in total. The third-order valence-electron chi connectivity index (χ3n) is 6.91. The van der Waals surface area contributed by atoms with Gasteiger partial charge in [-0.3, -0.25) is 4.79 Å². The Labute approximate surface area is 218 Å². The number of aromatic nitrogens is 3. The van der Waals surface area contributed by atoms with Crippen LogP contribution in [0.3, 0.4) is 0 Å². The van der Waals surface area contributed by atoms with Gasteiger partial charge in [0.25, 0.3) is 5.56 Å². The summed E-state index contributed by atoms with van der Waals surface area (Å²) in [6.45, 7) is 3.94. The molecule has 1 fully saturated rings. The summed E-state index contributed by atoms with van der Waals surface area (Å²) in [5.41, 5.74) is 11.2. The summed E-state index contributed by atoms with van der Waals surface area (Å²) < 4.78 is 0. The molecule has 1 saturated heterocycles. The fraction of sp³-hybridized carbons (Fsp3) is 0.179. The number of benzene rings is 3. The van der Waals surface area contributed by atoms with Gasteiger partial charge in [0.15, 0.2) is 0 Å². The number of rotatable bonds is 4. The number of urea groups is 1. The Hall–Kier alpha value is -4.83. The van der Waals surface area contributed by atoms with Crippen LogP contribution in [0.2, 0.25) is 0 Å². The second-order valence-electron chi connectivity index (χ2n) is 9.53. The van der Waals surface area contributed by atoms with E-state index in [1.807, 2.05) is 24.3 Å². The van der Waals surface area contributed by atoms with E-state index < -0.39 is 0 Å². The maximum atomic E-state index is 13.1. The normalized spacial score (nSPS) is 14.2. The van der Waals surface area contributed by atoms with Crippen LogP contribution in [0.1, 0.15) is 0 Å². The molecule has 6 rings (SSSR count). The Bertz CT molecular complexity index is 1700. The third-order valence-corrected chi connectivity index (χ3v) is 6.91. The van der Waals surface area contributed by atoms with E-state index in [0.29, 0.717) is 28.1 Å². The van der Waals surface area contributed by atoms with E-state index in [1.165, 1.54) is 0 Å². The van der Waals surface area contributed by atoms with Crippen molar-refractivity contribution in [1.29, 1.82) is 0 Å². The Kier molecular flexibility index (Phi) is 5.93. The lowest BCUT2D eigenvalue weighted by Crippen LogP contribution is -2.44. The summed E-state index contributed by atoms with van der Waals surface area (Å²) in [6, 6.07) is 20.0. The molecule has 1 aliphatic rings. The molecule has 2 amide bonds. The molecule has 5 aromatic rings. The van der Waals surface area contributed by atoms with Crippen LogP contribution in [0.4, 0.5) is 27.5 Å². The number of amides is 2. The molecule has 2 aromatic heterocycles. The van der Waals surface area contributed by atoms with E-state index in [0.717, 1.165) is 42.9 Å². The second-order valence-corrected chi connectivity index (χ2v) is 9.53. The summed E-state index contributed by atoms with van der Waals surface area (Å²) in [7, 11) is 2.13. The minimum Gasteiger partial charge on any atom is -0.397 e. The van der Waals surface area contributed by atoms with Gasteiger partial charge in [0.2, 0.25) is 0 Å². The van der Waals surface area contributed by atoms with Gasteiger partial charge < -0.3 is 36.1 Å². The molecule has 192 valence electrons. The van der Waals surface area contributed by atoms with Crippen LogP contribution in [0, 0.1) is 0 Å². The van der Waals surface area contributed by atoms with Gasteiger partial charge in [-0.1, -0.05) is 18.2 Å². The number of nitrogens with zero attached hydrogens (tertiary/aromatic N) is 3. The fourth-order valence-electron chi connectivity index (χ4n) is 4.82. The number of fused-ring (bicyclic) bond motifs is 2. The number of hydrogen-bond donors (Lipinski definition) is 5. The highest BCUT2D eigenvalue weighted by Gasteiger charge is 2.19. The first-order chi connectivity index (χ1) is 18.4. The number of anilines is 4.